The first kappa shape index (κ1) is 12.9. The minimum absolute atomic E-state index is 0.219. The molecule has 0 N–H and O–H groups in total. The molecule has 0 aliphatic carbocycles. The van der Waals surface area contributed by atoms with Gasteiger partial charge in [0.2, 0.25) is 0 Å². The maximum absolute atomic E-state index is 5.95. The van der Waals surface area contributed by atoms with Crippen molar-refractivity contribution in [3.05, 3.63) is 70.2 Å². The quantitative estimate of drug-likeness (QED) is 0.750. The number of rotatable bonds is 2. The van der Waals surface area contributed by atoms with Crippen LogP contribution in [-0.4, -0.2) is 6.61 Å². The molecule has 1 aliphatic heterocycles. The molecule has 2 aromatic rings. The lowest BCUT2D eigenvalue weighted by Crippen LogP contribution is -2.18. The number of ether oxygens (including phenoxy) is 1. The predicted molar refractivity (Wildman–Crippen MR) is 81.3 cm³/mol. The lowest BCUT2D eigenvalue weighted by Gasteiger charge is -2.30. The monoisotopic (exact) mass is 316 g/mol. The molecular weight excluding hydrogens is 300 g/mol. The largest absolute Gasteiger partial charge is 0.373 e. The first-order valence-electron chi connectivity index (χ1n) is 6.75. The van der Waals surface area contributed by atoms with Crippen molar-refractivity contribution in [1.29, 1.82) is 0 Å². The van der Waals surface area contributed by atoms with E-state index in [1.807, 2.05) is 0 Å². The van der Waals surface area contributed by atoms with E-state index < -0.39 is 0 Å². The van der Waals surface area contributed by atoms with Crippen molar-refractivity contribution < 1.29 is 4.74 Å². The maximum Gasteiger partial charge on any atom is 0.0831 e. The summed E-state index contributed by atoms with van der Waals surface area (Å²) in [7, 11) is 0. The van der Waals surface area contributed by atoms with E-state index in [4.69, 9.17) is 4.74 Å². The number of hydrogen-bond donors (Lipinski definition) is 0. The smallest absolute Gasteiger partial charge is 0.0831 e. The van der Waals surface area contributed by atoms with E-state index in [0.717, 1.165) is 23.9 Å². The van der Waals surface area contributed by atoms with Gasteiger partial charge in [-0.3, -0.25) is 0 Å². The topological polar surface area (TPSA) is 9.23 Å². The standard InChI is InChI=1S/C17H17BrO/c18-16-8-4-7-15(11-16)17-12-14(9-10-19-17)13-5-2-1-3-6-13/h1-8,11,14,17H,9-10,12H2/t14-,17+/m0/s1. The summed E-state index contributed by atoms with van der Waals surface area (Å²) in [5.74, 6) is 0.610. The van der Waals surface area contributed by atoms with Crippen LogP contribution in [-0.2, 0) is 4.74 Å². The molecule has 1 fully saturated rings. The highest BCUT2D eigenvalue weighted by Crippen LogP contribution is 2.37. The van der Waals surface area contributed by atoms with Gasteiger partial charge in [0.05, 0.1) is 6.10 Å². The summed E-state index contributed by atoms with van der Waals surface area (Å²) in [5, 5.41) is 0. The van der Waals surface area contributed by atoms with Crippen molar-refractivity contribution in [2.24, 2.45) is 0 Å². The molecule has 98 valence electrons. The van der Waals surface area contributed by atoms with Crippen LogP contribution < -0.4 is 0 Å². The number of benzene rings is 2. The van der Waals surface area contributed by atoms with Gasteiger partial charge in [0.15, 0.2) is 0 Å². The Hall–Kier alpha value is -1.12. The zero-order valence-electron chi connectivity index (χ0n) is 10.8. The van der Waals surface area contributed by atoms with E-state index >= 15 is 0 Å². The van der Waals surface area contributed by atoms with E-state index in [0.29, 0.717) is 5.92 Å². The van der Waals surface area contributed by atoms with Gasteiger partial charge < -0.3 is 4.74 Å². The third-order valence-electron chi connectivity index (χ3n) is 3.78. The zero-order chi connectivity index (χ0) is 13.1. The molecule has 0 unspecified atom stereocenters. The van der Waals surface area contributed by atoms with Crippen molar-refractivity contribution in [3.63, 3.8) is 0 Å². The lowest BCUT2D eigenvalue weighted by molar-refractivity contribution is 0.00524. The summed E-state index contributed by atoms with van der Waals surface area (Å²) in [5.41, 5.74) is 2.71. The van der Waals surface area contributed by atoms with Crippen LogP contribution in [0.4, 0.5) is 0 Å². The molecule has 2 atom stereocenters. The second-order valence-corrected chi connectivity index (χ2v) is 5.96. The highest BCUT2D eigenvalue weighted by atomic mass is 79.9. The molecule has 0 amide bonds. The minimum atomic E-state index is 0.219. The summed E-state index contributed by atoms with van der Waals surface area (Å²) in [6.45, 7) is 0.844. The minimum Gasteiger partial charge on any atom is -0.373 e. The second-order valence-electron chi connectivity index (χ2n) is 5.05. The van der Waals surface area contributed by atoms with Crippen LogP contribution in [0.2, 0.25) is 0 Å². The highest BCUT2D eigenvalue weighted by Gasteiger charge is 2.24. The summed E-state index contributed by atoms with van der Waals surface area (Å²) >= 11 is 3.53. The zero-order valence-corrected chi connectivity index (χ0v) is 12.3. The molecule has 1 nitrogen and oxygen atoms in total. The third kappa shape index (κ3) is 3.07. The Kier molecular flexibility index (Phi) is 4.00. The Morgan fingerprint density at radius 3 is 2.53 bits per heavy atom. The van der Waals surface area contributed by atoms with Gasteiger partial charge in [-0.2, -0.15) is 0 Å². The molecule has 1 aliphatic rings. The SMILES string of the molecule is Brc1cccc([C@H]2C[C@@H](c3ccccc3)CCO2)c1. The molecular formula is C17H17BrO. The summed E-state index contributed by atoms with van der Waals surface area (Å²) in [6, 6.07) is 19.2. The van der Waals surface area contributed by atoms with Gasteiger partial charge in [-0.25, -0.2) is 0 Å². The fourth-order valence-corrected chi connectivity index (χ4v) is 3.18. The van der Waals surface area contributed by atoms with Crippen molar-refractivity contribution >= 4 is 15.9 Å². The van der Waals surface area contributed by atoms with Gasteiger partial charge in [-0.15, -0.1) is 0 Å². The van der Waals surface area contributed by atoms with Gasteiger partial charge in [0.1, 0.15) is 0 Å². The molecule has 3 rings (SSSR count). The summed E-state index contributed by atoms with van der Waals surface area (Å²) < 4.78 is 7.07. The fourth-order valence-electron chi connectivity index (χ4n) is 2.76. The molecule has 0 radical (unpaired) electrons. The first-order valence-corrected chi connectivity index (χ1v) is 7.54. The van der Waals surface area contributed by atoms with Gasteiger partial charge in [-0.1, -0.05) is 58.4 Å². The summed E-state index contributed by atoms with van der Waals surface area (Å²) in [4.78, 5) is 0. The third-order valence-corrected chi connectivity index (χ3v) is 4.27. The van der Waals surface area contributed by atoms with Crippen LogP contribution in [0.25, 0.3) is 0 Å². The molecule has 2 aromatic carbocycles. The number of hydrogen-bond acceptors (Lipinski definition) is 1. The number of halogens is 1. The van der Waals surface area contributed by atoms with Gasteiger partial charge in [0, 0.05) is 11.1 Å². The first-order chi connectivity index (χ1) is 9.33. The Labute approximate surface area is 122 Å². The molecule has 1 heterocycles. The highest BCUT2D eigenvalue weighted by molar-refractivity contribution is 9.10. The van der Waals surface area contributed by atoms with Crippen LogP contribution in [0, 0.1) is 0 Å². The van der Waals surface area contributed by atoms with E-state index in [9.17, 15) is 0 Å². The predicted octanol–water partition coefficient (Wildman–Crippen LogP) is 5.08. The van der Waals surface area contributed by atoms with Crippen molar-refractivity contribution in [2.75, 3.05) is 6.61 Å². The molecule has 0 bridgehead atoms. The fraction of sp³-hybridized carbons (Fsp3) is 0.294. The Balaban J connectivity index is 1.78. The van der Waals surface area contributed by atoms with Crippen LogP contribution in [0.5, 0.6) is 0 Å². The second kappa shape index (κ2) is 5.89. The van der Waals surface area contributed by atoms with Crippen LogP contribution in [0.3, 0.4) is 0 Å². The average molecular weight is 317 g/mol. The van der Waals surface area contributed by atoms with Crippen molar-refractivity contribution in [3.8, 4) is 0 Å². The van der Waals surface area contributed by atoms with E-state index in [1.54, 1.807) is 0 Å². The molecule has 2 heteroatoms. The molecule has 0 spiro atoms. The van der Waals surface area contributed by atoms with Gasteiger partial charge >= 0.3 is 0 Å². The van der Waals surface area contributed by atoms with Gasteiger partial charge in [0.25, 0.3) is 0 Å². The molecule has 0 aromatic heterocycles. The van der Waals surface area contributed by atoms with E-state index in [1.165, 1.54) is 11.1 Å². The van der Waals surface area contributed by atoms with Crippen LogP contribution >= 0.6 is 15.9 Å². The van der Waals surface area contributed by atoms with Gasteiger partial charge in [-0.05, 0) is 42.0 Å². The van der Waals surface area contributed by atoms with E-state index in [-0.39, 0.29) is 6.10 Å². The maximum atomic E-state index is 5.95. The average Bonchev–Trinajstić information content (AvgIpc) is 2.48. The van der Waals surface area contributed by atoms with Crippen LogP contribution in [0.15, 0.2) is 59.1 Å². The normalized spacial score (nSPS) is 23.2. The molecule has 0 saturated carbocycles. The Morgan fingerprint density at radius 1 is 0.947 bits per heavy atom. The van der Waals surface area contributed by atoms with Crippen LogP contribution in [0.1, 0.15) is 36.0 Å². The Bertz CT molecular complexity index is 538. The molecule has 1 saturated heterocycles. The molecule has 19 heavy (non-hydrogen) atoms. The van der Waals surface area contributed by atoms with Crippen molar-refractivity contribution in [2.45, 2.75) is 24.9 Å². The Morgan fingerprint density at radius 2 is 1.74 bits per heavy atom. The summed E-state index contributed by atoms with van der Waals surface area (Å²) in [6.07, 6.45) is 2.41. The van der Waals surface area contributed by atoms with E-state index in [2.05, 4.69) is 70.5 Å². The van der Waals surface area contributed by atoms with Crippen molar-refractivity contribution in [1.82, 2.24) is 0 Å². The lowest BCUT2D eigenvalue weighted by atomic mass is 9.86.